The van der Waals surface area contributed by atoms with Gasteiger partial charge in [0.05, 0.1) is 6.04 Å². The Morgan fingerprint density at radius 3 is 2.89 bits per heavy atom. The third kappa shape index (κ3) is 4.45. The van der Waals surface area contributed by atoms with Crippen LogP contribution in [0, 0.1) is 5.92 Å². The molecule has 0 bridgehead atoms. The Kier molecular flexibility index (Phi) is 5.96. The molecular formula is C22H25ClN2OS. The Morgan fingerprint density at radius 1 is 1.26 bits per heavy atom. The van der Waals surface area contributed by atoms with Crippen molar-refractivity contribution in [3.8, 4) is 0 Å². The van der Waals surface area contributed by atoms with Crippen molar-refractivity contribution in [1.82, 2.24) is 10.2 Å². The largest absolute Gasteiger partial charge is 0.354 e. The number of carbonyl (C=O) groups is 1. The summed E-state index contributed by atoms with van der Waals surface area (Å²) in [6.07, 6.45) is 8.21. The van der Waals surface area contributed by atoms with Gasteiger partial charge >= 0.3 is 0 Å². The van der Waals surface area contributed by atoms with Crippen LogP contribution in [0.5, 0.6) is 0 Å². The van der Waals surface area contributed by atoms with Gasteiger partial charge in [0.15, 0.2) is 0 Å². The molecule has 142 valence electrons. The van der Waals surface area contributed by atoms with Gasteiger partial charge in [-0.3, -0.25) is 9.69 Å². The van der Waals surface area contributed by atoms with E-state index < -0.39 is 0 Å². The van der Waals surface area contributed by atoms with Crippen LogP contribution < -0.4 is 5.32 Å². The maximum Gasteiger partial charge on any atom is 0.223 e. The minimum Gasteiger partial charge on any atom is -0.354 e. The number of rotatable bonds is 5. The summed E-state index contributed by atoms with van der Waals surface area (Å²) in [5, 5.41) is 6.16. The number of fused-ring (bicyclic) bond motifs is 1. The summed E-state index contributed by atoms with van der Waals surface area (Å²) in [6, 6.07) is 10.5. The molecule has 1 N–H and O–H groups in total. The van der Waals surface area contributed by atoms with Gasteiger partial charge in [-0.05, 0) is 60.4 Å². The maximum absolute atomic E-state index is 12.6. The summed E-state index contributed by atoms with van der Waals surface area (Å²) >= 11 is 7.95. The molecule has 5 heteroatoms. The number of allylic oxidation sites excluding steroid dienone is 2. The zero-order valence-corrected chi connectivity index (χ0v) is 16.9. The Morgan fingerprint density at radius 2 is 2.11 bits per heavy atom. The number of amides is 1. The Balaban J connectivity index is 1.49. The summed E-state index contributed by atoms with van der Waals surface area (Å²) in [7, 11) is 0. The van der Waals surface area contributed by atoms with Crippen molar-refractivity contribution in [2.75, 3.05) is 13.1 Å². The average Bonchev–Trinajstić information content (AvgIpc) is 3.18. The smallest absolute Gasteiger partial charge is 0.223 e. The molecule has 0 fully saturated rings. The standard InChI is InChI=1S/C22H25ClN2OS/c23-19-8-6-16(7-9-19)20(14-24-22(26)17-4-2-1-3-5-17)25-12-10-21-18(15-25)11-13-27-21/h1-2,6-9,11,13,17,20H,3-5,10,12,14-15H2,(H,24,26). The van der Waals surface area contributed by atoms with Crippen LogP contribution in [0.3, 0.4) is 0 Å². The quantitative estimate of drug-likeness (QED) is 0.718. The van der Waals surface area contributed by atoms with Crippen molar-refractivity contribution in [2.24, 2.45) is 5.92 Å². The average molecular weight is 401 g/mol. The molecule has 0 radical (unpaired) electrons. The van der Waals surface area contributed by atoms with E-state index in [1.165, 1.54) is 16.0 Å². The number of hydrogen-bond acceptors (Lipinski definition) is 3. The van der Waals surface area contributed by atoms with Crippen LogP contribution in [0.2, 0.25) is 5.02 Å². The molecule has 1 aliphatic carbocycles. The SMILES string of the molecule is O=C(NCC(c1ccc(Cl)cc1)N1CCc2sccc2C1)C1CC=CCC1. The van der Waals surface area contributed by atoms with Crippen LogP contribution >= 0.6 is 22.9 Å². The molecule has 27 heavy (non-hydrogen) atoms. The molecule has 2 heterocycles. The number of hydrogen-bond donors (Lipinski definition) is 1. The van der Waals surface area contributed by atoms with Gasteiger partial charge in [-0.15, -0.1) is 11.3 Å². The summed E-state index contributed by atoms with van der Waals surface area (Å²) < 4.78 is 0. The number of nitrogens with one attached hydrogen (secondary N) is 1. The van der Waals surface area contributed by atoms with Gasteiger partial charge in [-0.25, -0.2) is 0 Å². The fourth-order valence-corrected chi connectivity index (χ4v) is 5.07. The van der Waals surface area contributed by atoms with Crippen molar-refractivity contribution < 1.29 is 4.79 Å². The van der Waals surface area contributed by atoms with Gasteiger partial charge in [0.1, 0.15) is 0 Å². The highest BCUT2D eigenvalue weighted by molar-refractivity contribution is 7.10. The molecule has 1 aromatic carbocycles. The number of nitrogens with zero attached hydrogens (tertiary/aromatic N) is 1. The van der Waals surface area contributed by atoms with E-state index in [1.807, 2.05) is 23.5 Å². The van der Waals surface area contributed by atoms with Gasteiger partial charge in [-0.2, -0.15) is 0 Å². The molecule has 2 atom stereocenters. The molecule has 0 saturated heterocycles. The van der Waals surface area contributed by atoms with Crippen LogP contribution in [-0.2, 0) is 17.8 Å². The van der Waals surface area contributed by atoms with Crippen LogP contribution in [0.4, 0.5) is 0 Å². The van der Waals surface area contributed by atoms with Crippen LogP contribution in [-0.4, -0.2) is 23.9 Å². The molecule has 1 aromatic heterocycles. The lowest BCUT2D eigenvalue weighted by molar-refractivity contribution is -0.125. The second kappa shape index (κ2) is 8.59. The first-order valence-electron chi connectivity index (χ1n) is 9.68. The maximum atomic E-state index is 12.6. The van der Waals surface area contributed by atoms with Gasteiger partial charge < -0.3 is 5.32 Å². The second-order valence-electron chi connectivity index (χ2n) is 7.38. The lowest BCUT2D eigenvalue weighted by Crippen LogP contribution is -2.42. The first-order valence-corrected chi connectivity index (χ1v) is 10.9. The highest BCUT2D eigenvalue weighted by Crippen LogP contribution is 2.31. The Labute approximate surface area is 170 Å². The number of benzene rings is 1. The Bertz CT molecular complexity index is 814. The predicted octanol–water partition coefficient (Wildman–Crippen LogP) is 4.97. The molecule has 0 spiro atoms. The van der Waals surface area contributed by atoms with Crippen molar-refractivity contribution in [2.45, 2.75) is 38.3 Å². The van der Waals surface area contributed by atoms with Crippen molar-refractivity contribution in [1.29, 1.82) is 0 Å². The number of thiophene rings is 1. The zero-order valence-electron chi connectivity index (χ0n) is 15.4. The molecule has 2 unspecified atom stereocenters. The molecule has 3 nitrogen and oxygen atoms in total. The highest BCUT2D eigenvalue weighted by Gasteiger charge is 2.27. The summed E-state index contributed by atoms with van der Waals surface area (Å²) in [5.41, 5.74) is 2.64. The minimum atomic E-state index is 0.116. The van der Waals surface area contributed by atoms with Crippen molar-refractivity contribution in [3.05, 3.63) is 68.9 Å². The third-order valence-corrected chi connectivity index (χ3v) is 6.92. The first-order chi connectivity index (χ1) is 13.2. The molecule has 2 aliphatic rings. The molecule has 1 amide bonds. The lowest BCUT2D eigenvalue weighted by Gasteiger charge is -2.35. The van der Waals surface area contributed by atoms with E-state index in [0.29, 0.717) is 6.54 Å². The monoisotopic (exact) mass is 400 g/mol. The van der Waals surface area contributed by atoms with E-state index in [-0.39, 0.29) is 17.9 Å². The molecule has 1 aliphatic heterocycles. The lowest BCUT2D eigenvalue weighted by atomic mass is 9.93. The van der Waals surface area contributed by atoms with Gasteiger partial charge in [-0.1, -0.05) is 35.9 Å². The number of halogens is 1. The second-order valence-corrected chi connectivity index (χ2v) is 8.82. The van der Waals surface area contributed by atoms with E-state index in [1.54, 1.807) is 0 Å². The Hall–Kier alpha value is -1.62. The normalized spacial score (nSPS) is 20.9. The third-order valence-electron chi connectivity index (χ3n) is 5.64. The van der Waals surface area contributed by atoms with Crippen LogP contribution in [0.25, 0.3) is 0 Å². The van der Waals surface area contributed by atoms with E-state index in [0.717, 1.165) is 43.8 Å². The summed E-state index contributed by atoms with van der Waals surface area (Å²) in [4.78, 5) is 16.6. The molecule has 4 rings (SSSR count). The molecule has 2 aromatic rings. The van der Waals surface area contributed by atoms with Gasteiger partial charge in [0.25, 0.3) is 0 Å². The molecular weight excluding hydrogens is 376 g/mol. The van der Waals surface area contributed by atoms with E-state index in [4.69, 9.17) is 11.6 Å². The zero-order chi connectivity index (χ0) is 18.6. The fraction of sp³-hybridized carbons (Fsp3) is 0.409. The van der Waals surface area contributed by atoms with Crippen LogP contribution in [0.15, 0.2) is 47.9 Å². The van der Waals surface area contributed by atoms with Crippen LogP contribution in [0.1, 0.15) is 41.3 Å². The summed E-state index contributed by atoms with van der Waals surface area (Å²) in [6.45, 7) is 2.59. The van der Waals surface area contributed by atoms with E-state index in [9.17, 15) is 4.79 Å². The van der Waals surface area contributed by atoms with Crippen molar-refractivity contribution in [3.63, 3.8) is 0 Å². The van der Waals surface area contributed by atoms with Gasteiger partial charge in [0.2, 0.25) is 5.91 Å². The minimum absolute atomic E-state index is 0.116. The number of carbonyl (C=O) groups excluding carboxylic acids is 1. The first kappa shape index (κ1) is 18.7. The highest BCUT2D eigenvalue weighted by atomic mass is 35.5. The summed E-state index contributed by atoms with van der Waals surface area (Å²) in [5.74, 6) is 0.303. The van der Waals surface area contributed by atoms with E-state index >= 15 is 0 Å². The fourth-order valence-electron chi connectivity index (χ4n) is 4.05. The topological polar surface area (TPSA) is 32.3 Å². The van der Waals surface area contributed by atoms with Crippen molar-refractivity contribution >= 4 is 28.8 Å². The predicted molar refractivity (Wildman–Crippen MR) is 112 cm³/mol. The van der Waals surface area contributed by atoms with Gasteiger partial charge in [0, 0.05) is 35.5 Å². The van der Waals surface area contributed by atoms with E-state index in [2.05, 4.69) is 45.9 Å². The molecule has 0 saturated carbocycles.